The van der Waals surface area contributed by atoms with E-state index >= 15 is 0 Å². The standard InChI is InChI=1S/C6H10ClNO2S/c1-5(7)2-8-6-3-11(9,10)4-6/h6,8H,1-4H2. The van der Waals surface area contributed by atoms with Crippen molar-refractivity contribution >= 4 is 21.4 Å². The highest BCUT2D eigenvalue weighted by molar-refractivity contribution is 7.92. The number of halogens is 1. The number of hydrogen-bond acceptors (Lipinski definition) is 3. The van der Waals surface area contributed by atoms with Crippen LogP contribution in [0.25, 0.3) is 0 Å². The molecule has 11 heavy (non-hydrogen) atoms. The Hall–Kier alpha value is -0.0600. The molecular weight excluding hydrogens is 186 g/mol. The molecule has 0 aromatic carbocycles. The van der Waals surface area contributed by atoms with Crippen LogP contribution < -0.4 is 5.32 Å². The van der Waals surface area contributed by atoms with E-state index < -0.39 is 9.84 Å². The van der Waals surface area contributed by atoms with E-state index in [0.29, 0.717) is 11.6 Å². The van der Waals surface area contributed by atoms with E-state index in [1.807, 2.05) is 0 Å². The van der Waals surface area contributed by atoms with E-state index in [9.17, 15) is 8.42 Å². The molecular formula is C6H10ClNO2S. The Kier molecular flexibility index (Phi) is 2.57. The monoisotopic (exact) mass is 195 g/mol. The predicted molar refractivity (Wildman–Crippen MR) is 45.4 cm³/mol. The van der Waals surface area contributed by atoms with Gasteiger partial charge >= 0.3 is 0 Å². The molecule has 0 aromatic heterocycles. The molecule has 1 aliphatic heterocycles. The molecule has 0 atom stereocenters. The highest BCUT2D eigenvalue weighted by Gasteiger charge is 2.32. The lowest BCUT2D eigenvalue weighted by molar-refractivity contribution is 0.526. The van der Waals surface area contributed by atoms with Crippen LogP contribution in [0.5, 0.6) is 0 Å². The molecule has 0 radical (unpaired) electrons. The van der Waals surface area contributed by atoms with Gasteiger partial charge in [0, 0.05) is 17.6 Å². The third-order valence-corrected chi connectivity index (χ3v) is 3.45. The summed E-state index contributed by atoms with van der Waals surface area (Å²) in [6.07, 6.45) is 0. The zero-order chi connectivity index (χ0) is 8.48. The Labute approximate surface area is 71.3 Å². The fourth-order valence-corrected chi connectivity index (χ4v) is 2.38. The summed E-state index contributed by atoms with van der Waals surface area (Å²) in [7, 11) is -2.71. The molecule has 0 bridgehead atoms. The quantitative estimate of drug-likeness (QED) is 0.696. The van der Waals surface area contributed by atoms with Gasteiger partial charge in [-0.3, -0.25) is 0 Å². The van der Waals surface area contributed by atoms with Crippen LogP contribution in [0.3, 0.4) is 0 Å². The zero-order valence-corrected chi connectivity index (χ0v) is 7.58. The van der Waals surface area contributed by atoms with Crippen molar-refractivity contribution in [3.63, 3.8) is 0 Å². The number of hydrogen-bond donors (Lipinski definition) is 1. The average molecular weight is 196 g/mol. The Balaban J connectivity index is 2.19. The SMILES string of the molecule is C=C(Cl)CNC1CS(=O)(=O)C1. The third-order valence-electron chi connectivity index (χ3n) is 1.49. The minimum Gasteiger partial charge on any atom is -0.307 e. The Morgan fingerprint density at radius 3 is 2.55 bits per heavy atom. The molecule has 1 aliphatic rings. The average Bonchev–Trinajstić information content (AvgIpc) is 1.78. The second kappa shape index (κ2) is 3.13. The first-order valence-corrected chi connectivity index (χ1v) is 5.46. The number of sulfone groups is 1. The van der Waals surface area contributed by atoms with Gasteiger partial charge in [-0.2, -0.15) is 0 Å². The van der Waals surface area contributed by atoms with Crippen LogP contribution in [0.2, 0.25) is 0 Å². The first-order chi connectivity index (χ1) is 4.99. The van der Waals surface area contributed by atoms with Crippen molar-refractivity contribution in [3.8, 4) is 0 Å². The predicted octanol–water partition coefficient (Wildman–Crippen LogP) is 0.126. The second-order valence-corrected chi connectivity index (χ2v) is 5.36. The van der Waals surface area contributed by atoms with Crippen LogP contribution in [0, 0.1) is 0 Å². The van der Waals surface area contributed by atoms with Crippen LogP contribution in [-0.2, 0) is 9.84 Å². The highest BCUT2D eigenvalue weighted by Crippen LogP contribution is 2.10. The van der Waals surface area contributed by atoms with E-state index in [1.54, 1.807) is 0 Å². The summed E-state index contributed by atoms with van der Waals surface area (Å²) in [5.74, 6) is 0.467. The molecule has 64 valence electrons. The summed E-state index contributed by atoms with van der Waals surface area (Å²) >= 11 is 5.47. The Morgan fingerprint density at radius 2 is 2.18 bits per heavy atom. The molecule has 3 nitrogen and oxygen atoms in total. The van der Waals surface area contributed by atoms with E-state index in [1.165, 1.54) is 0 Å². The maximum atomic E-state index is 10.6. The van der Waals surface area contributed by atoms with Crippen LogP contribution in [-0.4, -0.2) is 32.5 Å². The minimum absolute atomic E-state index is 0.0792. The van der Waals surface area contributed by atoms with Crippen molar-refractivity contribution in [2.24, 2.45) is 0 Å². The summed E-state index contributed by atoms with van der Waals surface area (Å²) in [4.78, 5) is 0. The van der Waals surface area contributed by atoms with Crippen molar-refractivity contribution in [1.82, 2.24) is 5.32 Å². The highest BCUT2D eigenvalue weighted by atomic mass is 35.5. The van der Waals surface area contributed by atoms with Crippen LogP contribution in [0.1, 0.15) is 0 Å². The zero-order valence-electron chi connectivity index (χ0n) is 6.01. The molecule has 1 saturated heterocycles. The van der Waals surface area contributed by atoms with Gasteiger partial charge in [-0.15, -0.1) is 0 Å². The lowest BCUT2D eigenvalue weighted by Gasteiger charge is -2.26. The topological polar surface area (TPSA) is 46.2 Å². The molecule has 0 aromatic rings. The summed E-state index contributed by atoms with van der Waals surface area (Å²) in [6, 6.07) is 0.0792. The van der Waals surface area contributed by atoms with Gasteiger partial charge in [-0.1, -0.05) is 18.2 Å². The molecule has 1 rings (SSSR count). The van der Waals surface area contributed by atoms with Gasteiger partial charge in [0.1, 0.15) is 0 Å². The van der Waals surface area contributed by atoms with Crippen molar-refractivity contribution in [2.75, 3.05) is 18.1 Å². The van der Waals surface area contributed by atoms with Gasteiger partial charge in [0.05, 0.1) is 11.5 Å². The number of rotatable bonds is 3. The van der Waals surface area contributed by atoms with E-state index in [-0.39, 0.29) is 17.5 Å². The maximum Gasteiger partial charge on any atom is 0.153 e. The van der Waals surface area contributed by atoms with Gasteiger partial charge in [-0.05, 0) is 0 Å². The summed E-state index contributed by atoms with van der Waals surface area (Å²) < 4.78 is 21.3. The normalized spacial score (nSPS) is 22.6. The van der Waals surface area contributed by atoms with Gasteiger partial charge in [0.15, 0.2) is 9.84 Å². The van der Waals surface area contributed by atoms with Crippen molar-refractivity contribution in [1.29, 1.82) is 0 Å². The van der Waals surface area contributed by atoms with E-state index in [2.05, 4.69) is 11.9 Å². The summed E-state index contributed by atoms with van der Waals surface area (Å²) in [5.41, 5.74) is 0. The number of nitrogens with one attached hydrogen (secondary N) is 1. The van der Waals surface area contributed by atoms with Crippen molar-refractivity contribution in [3.05, 3.63) is 11.6 Å². The van der Waals surface area contributed by atoms with Crippen LogP contribution in [0.15, 0.2) is 11.6 Å². The molecule has 1 fully saturated rings. The third kappa shape index (κ3) is 2.81. The van der Waals surface area contributed by atoms with Crippen molar-refractivity contribution in [2.45, 2.75) is 6.04 Å². The van der Waals surface area contributed by atoms with Gasteiger partial charge in [0.2, 0.25) is 0 Å². The van der Waals surface area contributed by atoms with Gasteiger partial charge in [0.25, 0.3) is 0 Å². The molecule has 1 heterocycles. The molecule has 1 N–H and O–H groups in total. The Morgan fingerprint density at radius 1 is 1.64 bits per heavy atom. The lowest BCUT2D eigenvalue weighted by atomic mass is 10.3. The lowest BCUT2D eigenvalue weighted by Crippen LogP contribution is -2.51. The first-order valence-electron chi connectivity index (χ1n) is 3.27. The van der Waals surface area contributed by atoms with Crippen LogP contribution >= 0.6 is 11.6 Å². The second-order valence-electron chi connectivity index (χ2n) is 2.67. The minimum atomic E-state index is -2.71. The molecule has 0 spiro atoms. The first kappa shape index (κ1) is 9.03. The summed E-state index contributed by atoms with van der Waals surface area (Å²) in [5, 5.41) is 3.47. The molecule has 0 amide bonds. The molecule has 0 aliphatic carbocycles. The maximum absolute atomic E-state index is 10.6. The van der Waals surface area contributed by atoms with Crippen LogP contribution in [0.4, 0.5) is 0 Å². The van der Waals surface area contributed by atoms with Gasteiger partial charge < -0.3 is 5.32 Å². The van der Waals surface area contributed by atoms with Gasteiger partial charge in [-0.25, -0.2) is 8.42 Å². The Bertz CT molecular complexity index is 248. The fourth-order valence-electron chi connectivity index (χ4n) is 0.937. The van der Waals surface area contributed by atoms with Crippen molar-refractivity contribution < 1.29 is 8.42 Å². The molecule has 5 heteroatoms. The fraction of sp³-hybridized carbons (Fsp3) is 0.667. The smallest absolute Gasteiger partial charge is 0.153 e. The van der Waals surface area contributed by atoms with E-state index in [0.717, 1.165) is 0 Å². The largest absolute Gasteiger partial charge is 0.307 e. The molecule has 0 unspecified atom stereocenters. The van der Waals surface area contributed by atoms with E-state index in [4.69, 9.17) is 11.6 Å². The molecule has 0 saturated carbocycles. The summed E-state index contributed by atoms with van der Waals surface area (Å²) in [6.45, 7) is 3.96.